The Bertz CT molecular complexity index is 997. The molecule has 0 atom stereocenters. The van der Waals surface area contributed by atoms with Crippen LogP contribution in [0.1, 0.15) is 34.0 Å². The average molecular weight is 393 g/mol. The summed E-state index contributed by atoms with van der Waals surface area (Å²) in [6, 6.07) is 17.0. The van der Waals surface area contributed by atoms with E-state index in [4.69, 9.17) is 9.47 Å². The molecule has 1 N–H and O–H groups in total. The Balaban J connectivity index is 1.80. The highest BCUT2D eigenvalue weighted by molar-refractivity contribution is 6.04. The van der Waals surface area contributed by atoms with Crippen molar-refractivity contribution in [2.75, 3.05) is 11.9 Å². The largest absolute Gasteiger partial charge is 0.493 e. The Morgan fingerprint density at radius 1 is 0.966 bits per heavy atom. The molecule has 0 aliphatic heterocycles. The second-order valence-corrected chi connectivity index (χ2v) is 6.83. The van der Waals surface area contributed by atoms with Crippen molar-refractivity contribution in [1.29, 1.82) is 0 Å². The van der Waals surface area contributed by atoms with Gasteiger partial charge >= 0.3 is 0 Å². The summed E-state index contributed by atoms with van der Waals surface area (Å²) in [4.78, 5) is 12.6. The van der Waals surface area contributed by atoms with Crippen LogP contribution in [0.25, 0.3) is 0 Å². The van der Waals surface area contributed by atoms with E-state index in [0.717, 1.165) is 22.4 Å². The molecule has 1 amide bonds. The molecule has 0 spiro atoms. The van der Waals surface area contributed by atoms with Crippen LogP contribution in [0.15, 0.2) is 60.7 Å². The number of hydrogen-bond acceptors (Lipinski definition) is 3. The van der Waals surface area contributed by atoms with Crippen LogP contribution in [0.3, 0.4) is 0 Å². The molecule has 3 rings (SSSR count). The minimum Gasteiger partial charge on any atom is -0.493 e. The Morgan fingerprint density at radius 2 is 1.72 bits per heavy atom. The summed E-state index contributed by atoms with van der Waals surface area (Å²) in [6.45, 7) is 6.70. The van der Waals surface area contributed by atoms with Crippen LogP contribution < -0.4 is 14.8 Å². The highest BCUT2D eigenvalue weighted by Gasteiger charge is 2.12. The molecule has 0 saturated carbocycles. The van der Waals surface area contributed by atoms with Gasteiger partial charge in [0.25, 0.3) is 5.91 Å². The van der Waals surface area contributed by atoms with Gasteiger partial charge in [-0.1, -0.05) is 12.1 Å². The number of halogens is 1. The van der Waals surface area contributed by atoms with Crippen molar-refractivity contribution in [3.63, 3.8) is 0 Å². The van der Waals surface area contributed by atoms with E-state index in [1.807, 2.05) is 32.9 Å². The summed E-state index contributed by atoms with van der Waals surface area (Å²) in [5.41, 5.74) is 3.84. The van der Waals surface area contributed by atoms with Crippen molar-refractivity contribution in [3.05, 3.63) is 88.7 Å². The van der Waals surface area contributed by atoms with Crippen LogP contribution in [0.4, 0.5) is 10.1 Å². The van der Waals surface area contributed by atoms with Crippen molar-refractivity contribution in [2.24, 2.45) is 0 Å². The smallest absolute Gasteiger partial charge is 0.255 e. The predicted molar refractivity (Wildman–Crippen MR) is 112 cm³/mol. The van der Waals surface area contributed by atoms with Gasteiger partial charge in [0.2, 0.25) is 0 Å². The third-order valence-electron chi connectivity index (χ3n) is 4.29. The van der Waals surface area contributed by atoms with Crippen LogP contribution in [-0.2, 0) is 6.61 Å². The number of anilines is 1. The molecule has 5 heteroatoms. The number of amides is 1. The fourth-order valence-corrected chi connectivity index (χ4v) is 3.08. The number of benzene rings is 3. The summed E-state index contributed by atoms with van der Waals surface area (Å²) >= 11 is 0. The number of rotatable bonds is 7. The Labute approximate surface area is 170 Å². The molecule has 0 aliphatic carbocycles. The zero-order valence-electron chi connectivity index (χ0n) is 16.8. The lowest BCUT2D eigenvalue weighted by Gasteiger charge is -2.14. The SMILES string of the molecule is CCOc1ccc(C(=O)Nc2cccc(F)c2)cc1COc1cc(C)cc(C)c1. The van der Waals surface area contributed by atoms with E-state index in [0.29, 0.717) is 23.6 Å². The molecular weight excluding hydrogens is 369 g/mol. The summed E-state index contributed by atoms with van der Waals surface area (Å²) < 4.78 is 25.0. The van der Waals surface area contributed by atoms with E-state index < -0.39 is 5.82 Å². The van der Waals surface area contributed by atoms with Crippen molar-refractivity contribution in [1.82, 2.24) is 0 Å². The molecule has 4 nitrogen and oxygen atoms in total. The third kappa shape index (κ3) is 5.57. The van der Waals surface area contributed by atoms with Gasteiger partial charge in [0, 0.05) is 16.8 Å². The first-order valence-electron chi connectivity index (χ1n) is 9.48. The standard InChI is InChI=1S/C24H24FNO3/c1-4-28-23-9-8-18(24(27)26-21-7-5-6-20(25)14-21)13-19(23)15-29-22-11-16(2)10-17(3)12-22/h5-14H,4,15H2,1-3H3,(H,26,27). The molecule has 0 aliphatic rings. The molecule has 3 aromatic carbocycles. The molecule has 0 unspecified atom stereocenters. The van der Waals surface area contributed by atoms with E-state index in [1.165, 1.54) is 12.1 Å². The van der Waals surface area contributed by atoms with E-state index in [-0.39, 0.29) is 12.5 Å². The lowest BCUT2D eigenvalue weighted by Crippen LogP contribution is -2.13. The van der Waals surface area contributed by atoms with E-state index in [1.54, 1.807) is 30.3 Å². The number of hydrogen-bond donors (Lipinski definition) is 1. The van der Waals surface area contributed by atoms with Gasteiger partial charge in [0.05, 0.1) is 6.61 Å². The number of carbonyl (C=O) groups is 1. The first-order valence-corrected chi connectivity index (χ1v) is 9.48. The molecular formula is C24H24FNO3. The summed E-state index contributed by atoms with van der Waals surface area (Å²) in [5.74, 6) is 0.696. The molecule has 150 valence electrons. The van der Waals surface area contributed by atoms with Gasteiger partial charge in [0.1, 0.15) is 23.9 Å². The molecule has 0 bridgehead atoms. The number of aryl methyl sites for hydroxylation is 2. The molecule has 3 aromatic rings. The topological polar surface area (TPSA) is 47.6 Å². The van der Waals surface area contributed by atoms with Gasteiger partial charge in [-0.25, -0.2) is 4.39 Å². The van der Waals surface area contributed by atoms with Crippen LogP contribution in [0.2, 0.25) is 0 Å². The first-order chi connectivity index (χ1) is 13.9. The lowest BCUT2D eigenvalue weighted by atomic mass is 10.1. The van der Waals surface area contributed by atoms with Crippen molar-refractivity contribution < 1.29 is 18.7 Å². The zero-order valence-corrected chi connectivity index (χ0v) is 16.8. The van der Waals surface area contributed by atoms with E-state index in [2.05, 4.69) is 11.4 Å². The molecule has 29 heavy (non-hydrogen) atoms. The quantitative estimate of drug-likeness (QED) is 0.562. The van der Waals surface area contributed by atoms with Gasteiger partial charge in [0.15, 0.2) is 0 Å². The van der Waals surface area contributed by atoms with Crippen LogP contribution in [0, 0.1) is 19.7 Å². The lowest BCUT2D eigenvalue weighted by molar-refractivity contribution is 0.102. The Hall–Kier alpha value is -3.34. The molecule has 0 saturated heterocycles. The number of carbonyl (C=O) groups excluding carboxylic acids is 1. The second-order valence-electron chi connectivity index (χ2n) is 6.83. The van der Waals surface area contributed by atoms with Crippen molar-refractivity contribution in [2.45, 2.75) is 27.4 Å². The van der Waals surface area contributed by atoms with Crippen LogP contribution in [0.5, 0.6) is 11.5 Å². The highest BCUT2D eigenvalue weighted by Crippen LogP contribution is 2.24. The minimum atomic E-state index is -0.406. The normalized spacial score (nSPS) is 10.5. The van der Waals surface area contributed by atoms with Gasteiger partial charge in [-0.15, -0.1) is 0 Å². The maximum atomic E-state index is 13.4. The van der Waals surface area contributed by atoms with Crippen molar-refractivity contribution >= 4 is 11.6 Å². The van der Waals surface area contributed by atoms with E-state index in [9.17, 15) is 9.18 Å². The molecule has 0 aromatic heterocycles. The Morgan fingerprint density at radius 3 is 2.41 bits per heavy atom. The summed E-state index contributed by atoms with van der Waals surface area (Å²) in [5, 5.41) is 2.71. The zero-order chi connectivity index (χ0) is 20.8. The maximum absolute atomic E-state index is 13.4. The summed E-state index contributed by atoms with van der Waals surface area (Å²) in [7, 11) is 0. The first kappa shape index (κ1) is 20.4. The van der Waals surface area contributed by atoms with E-state index >= 15 is 0 Å². The van der Waals surface area contributed by atoms with Gasteiger partial charge in [-0.05, 0) is 80.4 Å². The molecule has 0 heterocycles. The van der Waals surface area contributed by atoms with Crippen LogP contribution in [-0.4, -0.2) is 12.5 Å². The Kier molecular flexibility index (Phi) is 6.50. The van der Waals surface area contributed by atoms with Crippen LogP contribution >= 0.6 is 0 Å². The number of nitrogens with one attached hydrogen (secondary N) is 1. The highest BCUT2D eigenvalue weighted by atomic mass is 19.1. The minimum absolute atomic E-state index is 0.263. The second kappa shape index (κ2) is 9.24. The van der Waals surface area contributed by atoms with Gasteiger partial charge in [-0.2, -0.15) is 0 Å². The van der Waals surface area contributed by atoms with Gasteiger partial charge < -0.3 is 14.8 Å². The monoisotopic (exact) mass is 393 g/mol. The predicted octanol–water partition coefficient (Wildman–Crippen LogP) is 5.67. The average Bonchev–Trinajstić information content (AvgIpc) is 2.66. The summed E-state index contributed by atoms with van der Waals surface area (Å²) in [6.07, 6.45) is 0. The fraction of sp³-hybridized carbons (Fsp3) is 0.208. The van der Waals surface area contributed by atoms with Gasteiger partial charge in [-0.3, -0.25) is 4.79 Å². The fourth-order valence-electron chi connectivity index (χ4n) is 3.08. The number of ether oxygens (including phenoxy) is 2. The molecule has 0 radical (unpaired) electrons. The third-order valence-corrected chi connectivity index (χ3v) is 4.29. The molecule has 0 fully saturated rings. The maximum Gasteiger partial charge on any atom is 0.255 e. The van der Waals surface area contributed by atoms with Crippen molar-refractivity contribution in [3.8, 4) is 11.5 Å².